The lowest BCUT2D eigenvalue weighted by atomic mass is 9.77. The van der Waals surface area contributed by atoms with Crippen LogP contribution < -0.4 is 0 Å². The number of hydrogen-bond acceptors (Lipinski definition) is 2. The van der Waals surface area contributed by atoms with Crippen LogP contribution in [0.15, 0.2) is 23.5 Å². The highest BCUT2D eigenvalue weighted by Gasteiger charge is 2.41. The van der Waals surface area contributed by atoms with Gasteiger partial charge in [0.25, 0.3) is 0 Å². The molecule has 1 unspecified atom stereocenters. The smallest absolute Gasteiger partial charge is 0.321 e. The Morgan fingerprint density at radius 1 is 1.71 bits per heavy atom. The van der Waals surface area contributed by atoms with Crippen LogP contribution >= 0.6 is 0 Å². The minimum atomic E-state index is -0.947. The van der Waals surface area contributed by atoms with Crippen LogP contribution in [0.5, 0.6) is 0 Å². The summed E-state index contributed by atoms with van der Waals surface area (Å²) in [7, 11) is 1.52. The molecule has 0 fully saturated rings. The SMILES string of the molecule is CCC1(C(=O)O)C=C(C)CC=C1OC. The van der Waals surface area contributed by atoms with Crippen LogP contribution in [-0.4, -0.2) is 18.2 Å². The Bertz CT molecular complexity index is 302. The largest absolute Gasteiger partial charge is 0.500 e. The summed E-state index contributed by atoms with van der Waals surface area (Å²) in [5, 5.41) is 9.24. The van der Waals surface area contributed by atoms with Gasteiger partial charge in [-0.05, 0) is 25.8 Å². The highest BCUT2D eigenvalue weighted by atomic mass is 16.5. The molecule has 14 heavy (non-hydrogen) atoms. The first-order valence-corrected chi connectivity index (χ1v) is 4.73. The first-order chi connectivity index (χ1) is 6.56. The number of aliphatic carboxylic acids is 1. The van der Waals surface area contributed by atoms with Gasteiger partial charge in [0.1, 0.15) is 11.2 Å². The minimum Gasteiger partial charge on any atom is -0.500 e. The highest BCUT2D eigenvalue weighted by Crippen LogP contribution is 2.38. The molecular weight excluding hydrogens is 180 g/mol. The van der Waals surface area contributed by atoms with Crippen LogP contribution in [0.1, 0.15) is 26.7 Å². The van der Waals surface area contributed by atoms with Crippen LogP contribution in [0, 0.1) is 5.41 Å². The van der Waals surface area contributed by atoms with Crippen molar-refractivity contribution in [2.75, 3.05) is 7.11 Å². The summed E-state index contributed by atoms with van der Waals surface area (Å²) < 4.78 is 5.14. The molecule has 0 saturated heterocycles. The van der Waals surface area contributed by atoms with Crippen molar-refractivity contribution in [2.45, 2.75) is 26.7 Å². The van der Waals surface area contributed by atoms with E-state index in [9.17, 15) is 9.90 Å². The average Bonchev–Trinajstić information content (AvgIpc) is 2.17. The van der Waals surface area contributed by atoms with E-state index in [0.29, 0.717) is 12.2 Å². The van der Waals surface area contributed by atoms with E-state index in [1.54, 1.807) is 6.08 Å². The normalized spacial score (nSPS) is 26.5. The van der Waals surface area contributed by atoms with E-state index in [4.69, 9.17) is 4.74 Å². The molecule has 0 aromatic carbocycles. The molecule has 3 heteroatoms. The minimum absolute atomic E-state index is 0.513. The van der Waals surface area contributed by atoms with E-state index in [0.717, 1.165) is 12.0 Å². The lowest BCUT2D eigenvalue weighted by molar-refractivity contribution is -0.146. The van der Waals surface area contributed by atoms with Gasteiger partial charge in [0.15, 0.2) is 0 Å². The van der Waals surface area contributed by atoms with E-state index in [2.05, 4.69) is 0 Å². The topological polar surface area (TPSA) is 46.5 Å². The second kappa shape index (κ2) is 3.86. The van der Waals surface area contributed by atoms with Gasteiger partial charge in [-0.1, -0.05) is 18.6 Å². The molecule has 0 amide bonds. The van der Waals surface area contributed by atoms with Gasteiger partial charge >= 0.3 is 5.97 Å². The lowest BCUT2D eigenvalue weighted by Gasteiger charge is -2.30. The fraction of sp³-hybridized carbons (Fsp3) is 0.545. The van der Waals surface area contributed by atoms with Gasteiger partial charge in [0.2, 0.25) is 0 Å². The number of carboxylic acid groups (broad SMARTS) is 1. The van der Waals surface area contributed by atoms with Gasteiger partial charge in [-0.25, -0.2) is 0 Å². The molecular formula is C11H16O3. The molecule has 1 N–H and O–H groups in total. The zero-order valence-electron chi connectivity index (χ0n) is 8.83. The molecule has 0 aromatic rings. The molecule has 0 aliphatic heterocycles. The molecule has 0 spiro atoms. The van der Waals surface area contributed by atoms with Crippen molar-refractivity contribution in [1.82, 2.24) is 0 Å². The summed E-state index contributed by atoms with van der Waals surface area (Å²) in [6, 6.07) is 0. The Morgan fingerprint density at radius 3 is 2.79 bits per heavy atom. The van der Waals surface area contributed by atoms with E-state index in [1.807, 2.05) is 19.9 Å². The third-order valence-corrected chi connectivity index (χ3v) is 2.70. The van der Waals surface area contributed by atoms with Crippen molar-refractivity contribution >= 4 is 5.97 Å². The summed E-state index contributed by atoms with van der Waals surface area (Å²) >= 11 is 0. The number of carboxylic acids is 1. The molecule has 0 saturated carbocycles. The molecule has 0 radical (unpaired) electrons. The predicted molar refractivity (Wildman–Crippen MR) is 53.8 cm³/mol. The van der Waals surface area contributed by atoms with Crippen molar-refractivity contribution < 1.29 is 14.6 Å². The van der Waals surface area contributed by atoms with Crippen molar-refractivity contribution in [2.24, 2.45) is 5.41 Å². The maximum Gasteiger partial charge on any atom is 0.321 e. The van der Waals surface area contributed by atoms with Crippen molar-refractivity contribution in [3.8, 4) is 0 Å². The van der Waals surface area contributed by atoms with E-state index in [-0.39, 0.29) is 0 Å². The Morgan fingerprint density at radius 2 is 2.36 bits per heavy atom. The molecule has 1 rings (SSSR count). The van der Waals surface area contributed by atoms with Gasteiger partial charge in [-0.15, -0.1) is 0 Å². The van der Waals surface area contributed by atoms with Gasteiger partial charge in [-0.2, -0.15) is 0 Å². The zero-order valence-corrected chi connectivity index (χ0v) is 8.83. The average molecular weight is 196 g/mol. The summed E-state index contributed by atoms with van der Waals surface area (Å²) in [5.41, 5.74) is 0.131. The molecule has 78 valence electrons. The predicted octanol–water partition coefficient (Wildman–Crippen LogP) is 2.35. The van der Waals surface area contributed by atoms with Crippen molar-refractivity contribution in [1.29, 1.82) is 0 Å². The van der Waals surface area contributed by atoms with E-state index >= 15 is 0 Å². The molecule has 0 bridgehead atoms. The van der Waals surface area contributed by atoms with Crippen LogP contribution in [0.2, 0.25) is 0 Å². The van der Waals surface area contributed by atoms with E-state index in [1.165, 1.54) is 7.11 Å². The number of ether oxygens (including phenoxy) is 1. The fourth-order valence-electron chi connectivity index (χ4n) is 1.85. The zero-order chi connectivity index (χ0) is 10.8. The first kappa shape index (κ1) is 10.8. The van der Waals surface area contributed by atoms with Gasteiger partial charge < -0.3 is 9.84 Å². The molecule has 1 aliphatic carbocycles. The third-order valence-electron chi connectivity index (χ3n) is 2.70. The van der Waals surface area contributed by atoms with Crippen LogP contribution in [0.4, 0.5) is 0 Å². The quantitative estimate of drug-likeness (QED) is 0.705. The molecule has 1 aliphatic rings. The summed E-state index contributed by atoms with van der Waals surface area (Å²) in [6.07, 6.45) is 4.94. The molecule has 0 aromatic heterocycles. The van der Waals surface area contributed by atoms with Crippen molar-refractivity contribution in [3.63, 3.8) is 0 Å². The third kappa shape index (κ3) is 1.54. The Kier molecular flexibility index (Phi) is 2.99. The van der Waals surface area contributed by atoms with E-state index < -0.39 is 11.4 Å². The standard InChI is InChI=1S/C11H16O3/c1-4-11(10(12)13)7-8(2)5-6-9(11)14-3/h6-7H,4-5H2,1-3H3,(H,12,13). The highest BCUT2D eigenvalue weighted by molar-refractivity contribution is 5.81. The summed E-state index contributed by atoms with van der Waals surface area (Å²) in [5.74, 6) is -0.287. The van der Waals surface area contributed by atoms with Gasteiger partial charge in [0.05, 0.1) is 7.11 Å². The number of rotatable bonds is 3. The number of hydrogen-bond donors (Lipinski definition) is 1. The summed E-state index contributed by atoms with van der Waals surface area (Å²) in [6.45, 7) is 3.80. The van der Waals surface area contributed by atoms with Crippen molar-refractivity contribution in [3.05, 3.63) is 23.5 Å². The maximum atomic E-state index is 11.3. The lowest BCUT2D eigenvalue weighted by Crippen LogP contribution is -2.33. The summed E-state index contributed by atoms with van der Waals surface area (Å²) in [4.78, 5) is 11.3. The van der Waals surface area contributed by atoms with Crippen LogP contribution in [-0.2, 0) is 9.53 Å². The fourth-order valence-corrected chi connectivity index (χ4v) is 1.85. The maximum absolute atomic E-state index is 11.3. The number of methoxy groups -OCH3 is 1. The van der Waals surface area contributed by atoms with Gasteiger partial charge in [-0.3, -0.25) is 4.79 Å². The Hall–Kier alpha value is -1.25. The second-order valence-corrected chi connectivity index (χ2v) is 3.60. The molecule has 1 atom stereocenters. The monoisotopic (exact) mass is 196 g/mol. The number of carbonyl (C=O) groups is 1. The number of allylic oxidation sites excluding steroid dienone is 2. The second-order valence-electron chi connectivity index (χ2n) is 3.60. The Balaban J connectivity index is 3.17. The Labute approximate surface area is 84.1 Å². The first-order valence-electron chi connectivity index (χ1n) is 4.73. The van der Waals surface area contributed by atoms with Crippen LogP contribution in [0.25, 0.3) is 0 Å². The van der Waals surface area contributed by atoms with Crippen LogP contribution in [0.3, 0.4) is 0 Å². The van der Waals surface area contributed by atoms with Gasteiger partial charge in [0, 0.05) is 0 Å². The molecule has 3 nitrogen and oxygen atoms in total. The molecule has 0 heterocycles.